The molecule has 0 aliphatic carbocycles. The van der Waals surface area contributed by atoms with E-state index in [1.807, 2.05) is 23.9 Å². The maximum atomic E-state index is 13.5. The van der Waals surface area contributed by atoms with Gasteiger partial charge in [-0.25, -0.2) is 9.37 Å². The Balaban J connectivity index is 1.09. The smallest absolute Gasteiger partial charge is 0.335 e. The number of piperidine rings is 1. The summed E-state index contributed by atoms with van der Waals surface area (Å²) in [7, 11) is 4.35. The SMILES string of the molecule is CO[C@@H]1OC(CO)[C@@H](O)C(O[C@@H]2OC(C(=O)NCc3ccc(NC(=O)n4ccc5c([N+](C)=CC6CN(C(=O)CC#N)CC[C@H]6C)ncnc54)cc3)[C@@H](OC)C(O)C2O)C1NC(C)=O. The third-order valence-electron chi connectivity index (χ3n) is 11.5. The summed E-state index contributed by atoms with van der Waals surface area (Å²) in [6, 6.07) is 8.65. The van der Waals surface area contributed by atoms with Crippen LogP contribution in [0.4, 0.5) is 16.3 Å². The number of anilines is 1. The number of carbonyl (C=O) groups is 4. The predicted octanol–water partition coefficient (Wildman–Crippen LogP) is -1.05. The van der Waals surface area contributed by atoms with E-state index in [0.717, 1.165) is 6.42 Å². The molecule has 0 radical (unpaired) electrons. The van der Waals surface area contributed by atoms with Gasteiger partial charge in [0.1, 0.15) is 54.5 Å². The first-order valence-corrected chi connectivity index (χ1v) is 20.4. The number of amides is 4. The molecule has 3 fully saturated rings. The summed E-state index contributed by atoms with van der Waals surface area (Å²) in [5.41, 5.74) is 1.43. The van der Waals surface area contributed by atoms with Gasteiger partial charge in [-0.2, -0.15) is 10.2 Å². The molecule has 22 nitrogen and oxygen atoms in total. The second-order valence-corrected chi connectivity index (χ2v) is 15.7. The molecule has 0 saturated carbocycles. The molecule has 6 rings (SSSR count). The van der Waals surface area contributed by atoms with Crippen molar-refractivity contribution in [1.29, 1.82) is 5.26 Å². The fourth-order valence-electron chi connectivity index (χ4n) is 8.02. The summed E-state index contributed by atoms with van der Waals surface area (Å²) in [5, 5.41) is 60.5. The zero-order valence-electron chi connectivity index (χ0n) is 35.4. The number of nitrogens with one attached hydrogen (secondary N) is 3. The molecular weight excluding hydrogens is 827 g/mol. The van der Waals surface area contributed by atoms with E-state index in [9.17, 15) is 39.6 Å². The summed E-state index contributed by atoms with van der Waals surface area (Å²) < 4.78 is 31.2. The van der Waals surface area contributed by atoms with Gasteiger partial charge in [0.2, 0.25) is 18.1 Å². The molecule has 4 amide bonds. The summed E-state index contributed by atoms with van der Waals surface area (Å²) in [6.45, 7) is 3.76. The highest BCUT2D eigenvalue weighted by Crippen LogP contribution is 2.31. The maximum Gasteiger partial charge on any atom is 0.335 e. The number of hydrogen-bond donors (Lipinski definition) is 7. The Morgan fingerprint density at radius 2 is 1.76 bits per heavy atom. The van der Waals surface area contributed by atoms with Crippen molar-refractivity contribution in [3.63, 3.8) is 0 Å². The van der Waals surface area contributed by atoms with Crippen LogP contribution in [-0.2, 0) is 44.6 Å². The Morgan fingerprint density at radius 1 is 1.02 bits per heavy atom. The lowest BCUT2D eigenvalue weighted by Gasteiger charge is -2.47. The summed E-state index contributed by atoms with van der Waals surface area (Å²) in [4.78, 5) is 62.0. The van der Waals surface area contributed by atoms with Crippen molar-refractivity contribution in [1.82, 2.24) is 30.1 Å². The number of aliphatic hydroxyl groups excluding tert-OH is 4. The summed E-state index contributed by atoms with van der Waals surface area (Å²) >= 11 is 0. The number of ether oxygens (including phenoxy) is 5. The quantitative estimate of drug-likeness (QED) is 0.0796. The molecule has 340 valence electrons. The van der Waals surface area contributed by atoms with Crippen LogP contribution in [0.2, 0.25) is 0 Å². The van der Waals surface area contributed by atoms with E-state index in [1.54, 1.807) is 41.4 Å². The van der Waals surface area contributed by atoms with Gasteiger partial charge in [-0.3, -0.25) is 19.0 Å². The van der Waals surface area contributed by atoms with Gasteiger partial charge < -0.3 is 65.0 Å². The van der Waals surface area contributed by atoms with Gasteiger partial charge >= 0.3 is 11.8 Å². The molecule has 5 heterocycles. The highest BCUT2D eigenvalue weighted by molar-refractivity contribution is 5.99. The van der Waals surface area contributed by atoms with Gasteiger partial charge in [0.25, 0.3) is 5.91 Å². The first-order valence-electron chi connectivity index (χ1n) is 20.4. The van der Waals surface area contributed by atoms with Crippen molar-refractivity contribution >= 4 is 52.5 Å². The minimum absolute atomic E-state index is 0.0198. The average molecular weight is 881 g/mol. The van der Waals surface area contributed by atoms with Crippen molar-refractivity contribution in [3.05, 3.63) is 48.4 Å². The van der Waals surface area contributed by atoms with E-state index < -0.39 is 85.8 Å². The monoisotopic (exact) mass is 880 g/mol. The Hall–Kier alpha value is -5.48. The lowest BCUT2D eigenvalue weighted by Crippen LogP contribution is -2.68. The number of carbonyl (C=O) groups excluding carboxylic acids is 4. The zero-order chi connectivity index (χ0) is 45.5. The number of benzene rings is 1. The number of aliphatic hydroxyl groups is 4. The molecule has 3 saturated heterocycles. The van der Waals surface area contributed by atoms with Gasteiger partial charge in [0, 0.05) is 58.6 Å². The largest absolute Gasteiger partial charge is 0.394 e. The number of methoxy groups -OCH3 is 2. The minimum Gasteiger partial charge on any atom is -0.394 e. The van der Waals surface area contributed by atoms with E-state index in [4.69, 9.17) is 28.9 Å². The van der Waals surface area contributed by atoms with E-state index in [2.05, 4.69) is 32.8 Å². The molecule has 2 aromatic heterocycles. The number of hydrogen-bond acceptors (Lipinski definition) is 16. The van der Waals surface area contributed by atoms with Crippen LogP contribution in [0.1, 0.15) is 32.3 Å². The number of aromatic nitrogens is 3. The first kappa shape index (κ1) is 47.0. The van der Waals surface area contributed by atoms with Gasteiger partial charge in [-0.1, -0.05) is 19.1 Å². The molecular formula is C41H54N9O13+. The standard InChI is InChI=1S/C41H53N9O13/c1-21-11-14-49(28(53)10-13-42)18-24(21)17-48(3)36-26-12-15-50(37(26)45-20-44-36)41(58)47-25-8-6-23(7-9-25)16-43-38(57)35-34(59-4)31(55)32(56)40(63-35)62-33-29(46-22(2)52)39(60-5)61-27(19-51)30(33)54/h6-9,12,15,17,20-21,24,27,29-35,39-40,51,54-56H,10-11,14,16,18-19H2,1-5H3,(H2-,43,46,47,52,57,58)/p+1/t21-,24?,27?,29?,30-,31?,32?,33?,34+,35?,39-,40-/m1/s1. The van der Waals surface area contributed by atoms with E-state index in [0.29, 0.717) is 47.1 Å². The molecule has 7 N–H and O–H groups in total. The molecule has 7 unspecified atom stereocenters. The molecule has 3 aliphatic heterocycles. The molecule has 1 aromatic carbocycles. The fraction of sp³-hybridized carbons (Fsp3) is 0.561. The Bertz CT molecular complexity index is 2180. The van der Waals surface area contributed by atoms with Crippen molar-refractivity contribution in [2.45, 2.75) is 94.6 Å². The van der Waals surface area contributed by atoms with Crippen LogP contribution in [0.15, 0.2) is 42.9 Å². The van der Waals surface area contributed by atoms with Crippen LogP contribution >= 0.6 is 0 Å². The average Bonchev–Trinajstić information content (AvgIpc) is 3.71. The number of nitriles is 1. The second kappa shape index (κ2) is 20.8. The van der Waals surface area contributed by atoms with Gasteiger partial charge in [0.05, 0.1) is 25.9 Å². The van der Waals surface area contributed by atoms with Crippen LogP contribution in [0.5, 0.6) is 0 Å². The van der Waals surface area contributed by atoms with E-state index in [-0.39, 0.29) is 24.8 Å². The lowest BCUT2D eigenvalue weighted by atomic mass is 9.87. The lowest BCUT2D eigenvalue weighted by molar-refractivity contribution is -0.405. The third kappa shape index (κ3) is 10.5. The molecule has 12 atom stereocenters. The van der Waals surface area contributed by atoms with Gasteiger partial charge in [0.15, 0.2) is 24.3 Å². The summed E-state index contributed by atoms with van der Waals surface area (Å²) in [6.07, 6.45) is -7.82. The Kier molecular flexibility index (Phi) is 15.5. The Labute approximate surface area is 362 Å². The molecule has 63 heavy (non-hydrogen) atoms. The van der Waals surface area contributed by atoms with Crippen molar-refractivity contribution in [2.75, 3.05) is 46.3 Å². The van der Waals surface area contributed by atoms with Gasteiger partial charge in [-0.15, -0.1) is 0 Å². The summed E-state index contributed by atoms with van der Waals surface area (Å²) in [5.74, 6) is -0.578. The normalized spacial score (nSPS) is 30.0. The highest BCUT2D eigenvalue weighted by atomic mass is 16.7. The first-order chi connectivity index (χ1) is 30.2. The van der Waals surface area contributed by atoms with Crippen LogP contribution < -0.4 is 16.0 Å². The van der Waals surface area contributed by atoms with Crippen molar-refractivity contribution in [2.24, 2.45) is 11.8 Å². The molecule has 0 bridgehead atoms. The number of likely N-dealkylation sites (tertiary alicyclic amines) is 1. The minimum atomic E-state index is -1.78. The highest BCUT2D eigenvalue weighted by Gasteiger charge is 2.53. The third-order valence-corrected chi connectivity index (χ3v) is 11.5. The fourth-order valence-corrected chi connectivity index (χ4v) is 8.02. The number of fused-ring (bicyclic) bond motifs is 1. The van der Waals surface area contributed by atoms with Crippen LogP contribution in [0.3, 0.4) is 0 Å². The Morgan fingerprint density at radius 3 is 2.43 bits per heavy atom. The molecule has 3 aliphatic rings. The number of nitrogens with zero attached hydrogens (tertiary/aromatic N) is 6. The van der Waals surface area contributed by atoms with E-state index >= 15 is 0 Å². The number of rotatable bonds is 13. The predicted molar refractivity (Wildman–Crippen MR) is 219 cm³/mol. The van der Waals surface area contributed by atoms with Crippen molar-refractivity contribution < 1.29 is 67.9 Å². The maximum absolute atomic E-state index is 13.5. The topological polar surface area (TPSA) is 292 Å². The van der Waals surface area contributed by atoms with E-state index in [1.165, 1.54) is 32.0 Å². The van der Waals surface area contributed by atoms with Crippen molar-refractivity contribution in [3.8, 4) is 6.07 Å². The molecule has 3 aromatic rings. The van der Waals surface area contributed by atoms with Gasteiger partial charge in [-0.05, 0) is 41.1 Å². The second-order valence-electron chi connectivity index (χ2n) is 15.7. The van der Waals surface area contributed by atoms with Crippen LogP contribution in [0.25, 0.3) is 11.0 Å². The molecule has 0 spiro atoms. The van der Waals surface area contributed by atoms with Crippen LogP contribution in [0, 0.1) is 23.2 Å². The molecule has 22 heteroatoms. The van der Waals surface area contributed by atoms with Crippen LogP contribution in [-0.4, -0.2) is 177 Å². The zero-order valence-corrected chi connectivity index (χ0v) is 35.4.